The number of hydrogen-bond donors (Lipinski definition) is 1. The van der Waals surface area contributed by atoms with Crippen LogP contribution in [-0.4, -0.2) is 25.0 Å². The van der Waals surface area contributed by atoms with E-state index in [0.717, 1.165) is 31.2 Å². The standard InChI is InChI=1S/C19H26N2O4/c1-4-6-10-21(24-11-7-5-2)17-13-16(20)9-8-15(17)12-18(19(21)23)25-14(3)22/h8-9,12-13H,4-7,10-11H2,1-3H3,(H-,20,23)/p+1. The Bertz CT molecular complexity index is 684. The fraction of sp³-hybridized carbons (Fsp3) is 0.474. The Balaban J connectivity index is 2.56. The monoisotopic (exact) mass is 347 g/mol. The highest BCUT2D eigenvalue weighted by molar-refractivity contribution is 6.08. The third-order valence-corrected chi connectivity index (χ3v) is 4.16. The van der Waals surface area contributed by atoms with E-state index in [1.165, 1.54) is 6.92 Å². The van der Waals surface area contributed by atoms with Crippen LogP contribution < -0.4 is 10.4 Å². The van der Waals surface area contributed by atoms with Gasteiger partial charge in [0, 0.05) is 36.7 Å². The van der Waals surface area contributed by atoms with Gasteiger partial charge in [0.05, 0.1) is 0 Å². The first-order chi connectivity index (χ1) is 11.9. The number of esters is 1. The number of quaternary nitrogens is 1. The van der Waals surface area contributed by atoms with Crippen molar-refractivity contribution in [1.82, 2.24) is 4.65 Å². The Labute approximate surface area is 148 Å². The second-order valence-corrected chi connectivity index (χ2v) is 6.23. The van der Waals surface area contributed by atoms with Gasteiger partial charge in [-0.15, -0.1) is 0 Å². The smallest absolute Gasteiger partial charge is 0.416 e. The van der Waals surface area contributed by atoms with Gasteiger partial charge in [-0.3, -0.25) is 4.79 Å². The number of rotatable bonds is 8. The van der Waals surface area contributed by atoms with Gasteiger partial charge in [0.25, 0.3) is 0 Å². The predicted molar refractivity (Wildman–Crippen MR) is 98.0 cm³/mol. The number of ether oxygens (including phenoxy) is 1. The Morgan fingerprint density at radius 1 is 1.20 bits per heavy atom. The van der Waals surface area contributed by atoms with Gasteiger partial charge in [-0.05, 0) is 18.6 Å². The molecule has 0 bridgehead atoms. The molecule has 6 heteroatoms. The molecule has 1 aromatic rings. The van der Waals surface area contributed by atoms with Crippen molar-refractivity contribution in [1.29, 1.82) is 0 Å². The quantitative estimate of drug-likeness (QED) is 0.337. The van der Waals surface area contributed by atoms with Crippen LogP contribution in [0, 0.1) is 0 Å². The molecular formula is C19H27N2O4+. The average Bonchev–Trinajstić information content (AvgIpc) is 2.57. The molecule has 0 fully saturated rings. The van der Waals surface area contributed by atoms with E-state index in [1.807, 2.05) is 6.07 Å². The molecule has 1 amide bonds. The van der Waals surface area contributed by atoms with E-state index in [4.69, 9.17) is 15.3 Å². The number of carbonyl (C=O) groups is 2. The molecule has 136 valence electrons. The fourth-order valence-corrected chi connectivity index (χ4v) is 2.87. The first-order valence-electron chi connectivity index (χ1n) is 8.82. The molecule has 0 radical (unpaired) electrons. The number of amides is 1. The minimum absolute atomic E-state index is 0.0115. The first kappa shape index (κ1) is 19.1. The molecule has 1 aliphatic heterocycles. The Kier molecular flexibility index (Phi) is 6.33. The number of nitrogen functional groups attached to an aromatic ring is 1. The van der Waals surface area contributed by atoms with Crippen LogP contribution in [0.3, 0.4) is 0 Å². The molecule has 1 atom stereocenters. The topological polar surface area (TPSA) is 78.6 Å². The lowest BCUT2D eigenvalue weighted by atomic mass is 10.0. The van der Waals surface area contributed by atoms with E-state index in [0.29, 0.717) is 24.5 Å². The van der Waals surface area contributed by atoms with Gasteiger partial charge in [-0.1, -0.05) is 31.3 Å². The van der Waals surface area contributed by atoms with E-state index in [-0.39, 0.29) is 16.3 Å². The molecule has 1 unspecified atom stereocenters. The van der Waals surface area contributed by atoms with E-state index < -0.39 is 5.97 Å². The van der Waals surface area contributed by atoms with Gasteiger partial charge >= 0.3 is 11.9 Å². The summed E-state index contributed by atoms with van der Waals surface area (Å²) in [5.74, 6) is -0.879. The summed E-state index contributed by atoms with van der Waals surface area (Å²) in [6, 6.07) is 5.36. The number of carbonyl (C=O) groups excluding carboxylic acids is 2. The van der Waals surface area contributed by atoms with Crippen LogP contribution in [0.25, 0.3) is 6.08 Å². The lowest BCUT2D eigenvalue weighted by Gasteiger charge is -2.35. The van der Waals surface area contributed by atoms with E-state index in [1.54, 1.807) is 18.2 Å². The molecule has 0 saturated carbocycles. The Hall–Kier alpha value is -2.18. The summed E-state index contributed by atoms with van der Waals surface area (Å²) < 4.78 is 4.87. The van der Waals surface area contributed by atoms with Crippen LogP contribution in [0.2, 0.25) is 0 Å². The van der Waals surface area contributed by atoms with Crippen molar-refractivity contribution in [3.05, 3.63) is 29.5 Å². The summed E-state index contributed by atoms with van der Waals surface area (Å²) in [6.07, 6.45) is 5.08. The van der Waals surface area contributed by atoms with Crippen molar-refractivity contribution in [2.75, 3.05) is 18.9 Å². The van der Waals surface area contributed by atoms with Gasteiger partial charge < -0.3 is 10.5 Å². The third kappa shape index (κ3) is 4.08. The molecule has 1 aromatic carbocycles. The predicted octanol–water partition coefficient (Wildman–Crippen LogP) is 3.55. The van der Waals surface area contributed by atoms with E-state index >= 15 is 0 Å². The molecule has 0 aromatic heterocycles. The van der Waals surface area contributed by atoms with Gasteiger partial charge in [0.15, 0.2) is 5.69 Å². The molecule has 1 heterocycles. The van der Waals surface area contributed by atoms with Crippen molar-refractivity contribution < 1.29 is 19.2 Å². The maximum atomic E-state index is 13.2. The van der Waals surface area contributed by atoms with E-state index in [9.17, 15) is 9.59 Å². The summed E-state index contributed by atoms with van der Waals surface area (Å²) in [5, 5.41) is 0. The maximum Gasteiger partial charge on any atom is 0.418 e. The zero-order chi connectivity index (χ0) is 18.4. The third-order valence-electron chi connectivity index (χ3n) is 4.16. The summed E-state index contributed by atoms with van der Waals surface area (Å²) >= 11 is 0. The second-order valence-electron chi connectivity index (χ2n) is 6.23. The normalized spacial score (nSPS) is 19.3. The highest BCUT2D eigenvalue weighted by atomic mass is 16.7. The lowest BCUT2D eigenvalue weighted by molar-refractivity contribution is -0.182. The van der Waals surface area contributed by atoms with E-state index in [2.05, 4.69) is 13.8 Å². The van der Waals surface area contributed by atoms with Crippen LogP contribution >= 0.6 is 0 Å². The second kappa shape index (κ2) is 8.27. The van der Waals surface area contributed by atoms with Gasteiger partial charge in [-0.2, -0.15) is 4.84 Å². The van der Waals surface area contributed by atoms with Crippen molar-refractivity contribution in [2.45, 2.75) is 46.5 Å². The van der Waals surface area contributed by atoms with Gasteiger partial charge in [0.2, 0.25) is 5.76 Å². The van der Waals surface area contributed by atoms with Crippen molar-refractivity contribution in [3.8, 4) is 0 Å². The molecule has 6 nitrogen and oxygen atoms in total. The Morgan fingerprint density at radius 3 is 2.56 bits per heavy atom. The molecule has 25 heavy (non-hydrogen) atoms. The summed E-state index contributed by atoms with van der Waals surface area (Å²) in [7, 11) is 0. The van der Waals surface area contributed by atoms with Crippen LogP contribution in [0.1, 0.15) is 52.0 Å². The number of hydrogen-bond acceptors (Lipinski definition) is 5. The number of anilines is 1. The zero-order valence-electron chi connectivity index (χ0n) is 15.2. The number of nitrogens with zero attached hydrogens (tertiary/aromatic N) is 1. The minimum atomic E-state index is -0.527. The van der Waals surface area contributed by atoms with Gasteiger partial charge in [0.1, 0.15) is 13.2 Å². The average molecular weight is 347 g/mol. The number of hydroxylamine groups is 2. The number of unbranched alkanes of at least 4 members (excludes halogenated alkanes) is 2. The maximum absolute atomic E-state index is 13.2. The van der Waals surface area contributed by atoms with Crippen LogP contribution in [0.4, 0.5) is 11.4 Å². The highest BCUT2D eigenvalue weighted by Gasteiger charge is 2.49. The first-order valence-corrected chi connectivity index (χ1v) is 8.82. The molecule has 1 aliphatic rings. The molecule has 0 spiro atoms. The van der Waals surface area contributed by atoms with Gasteiger partial charge in [-0.25, -0.2) is 4.79 Å². The highest BCUT2D eigenvalue weighted by Crippen LogP contribution is 2.38. The summed E-state index contributed by atoms with van der Waals surface area (Å²) in [4.78, 5) is 30.8. The van der Waals surface area contributed by atoms with Crippen LogP contribution in [-0.2, 0) is 19.2 Å². The SMILES string of the molecule is CCCCO[N+]1(CCCC)C(=O)C(OC(C)=O)=Cc2ccc(N)cc21. The molecular weight excluding hydrogens is 320 g/mol. The lowest BCUT2D eigenvalue weighted by Crippen LogP contribution is -2.57. The number of fused-ring (bicyclic) bond motifs is 1. The van der Waals surface area contributed by atoms with Crippen molar-refractivity contribution in [2.24, 2.45) is 0 Å². The number of benzene rings is 1. The minimum Gasteiger partial charge on any atom is -0.416 e. The number of nitrogens with two attached hydrogens (primary N) is 1. The van der Waals surface area contributed by atoms with Crippen LogP contribution in [0.15, 0.2) is 24.0 Å². The largest absolute Gasteiger partial charge is 0.418 e. The molecule has 0 saturated heterocycles. The molecule has 0 aliphatic carbocycles. The summed E-state index contributed by atoms with van der Waals surface area (Å²) in [6.45, 7) is 6.31. The van der Waals surface area contributed by atoms with Crippen LogP contribution in [0.5, 0.6) is 0 Å². The zero-order valence-corrected chi connectivity index (χ0v) is 15.2. The molecule has 2 N–H and O–H groups in total. The molecule has 2 rings (SSSR count). The van der Waals surface area contributed by atoms with Crippen molar-refractivity contribution in [3.63, 3.8) is 0 Å². The summed E-state index contributed by atoms with van der Waals surface area (Å²) in [5.41, 5.74) is 8.00. The van der Waals surface area contributed by atoms with Crippen molar-refractivity contribution >= 4 is 29.3 Å². The fourth-order valence-electron chi connectivity index (χ4n) is 2.87. The Morgan fingerprint density at radius 2 is 1.92 bits per heavy atom.